The Morgan fingerprint density at radius 3 is 2.34 bits per heavy atom. The molecule has 7 nitrogen and oxygen atoms in total. The third-order valence-corrected chi connectivity index (χ3v) is 5.77. The number of benzene rings is 1. The van der Waals surface area contributed by atoms with Crippen molar-refractivity contribution in [2.75, 3.05) is 20.2 Å². The number of hydrogen-bond acceptors (Lipinski definition) is 5. The quantitative estimate of drug-likeness (QED) is 0.741. The zero-order valence-corrected chi connectivity index (χ0v) is 17.5. The molecule has 0 bridgehead atoms. The number of esters is 1. The van der Waals surface area contributed by atoms with Crippen molar-refractivity contribution in [2.45, 2.75) is 45.6 Å². The maximum atomic E-state index is 13.0. The summed E-state index contributed by atoms with van der Waals surface area (Å²) in [4.78, 5) is 38.8. The van der Waals surface area contributed by atoms with Crippen LogP contribution in [0.4, 0.5) is 0 Å². The largest absolute Gasteiger partial charge is 0.469 e. The van der Waals surface area contributed by atoms with E-state index >= 15 is 0 Å². The number of hydrogen-bond donors (Lipinski definition) is 1. The van der Waals surface area contributed by atoms with Gasteiger partial charge in [0, 0.05) is 30.6 Å². The zero-order chi connectivity index (χ0) is 21.6. The van der Waals surface area contributed by atoms with E-state index in [1.165, 1.54) is 7.11 Å². The minimum absolute atomic E-state index is 0.00773. The van der Waals surface area contributed by atoms with Crippen LogP contribution < -0.4 is 5.32 Å². The Labute approximate surface area is 172 Å². The first kappa shape index (κ1) is 22.4. The van der Waals surface area contributed by atoms with Crippen molar-refractivity contribution in [3.05, 3.63) is 35.4 Å². The van der Waals surface area contributed by atoms with E-state index < -0.39 is 11.5 Å². The summed E-state index contributed by atoms with van der Waals surface area (Å²) >= 11 is 0. The molecule has 0 aliphatic carbocycles. The van der Waals surface area contributed by atoms with E-state index in [1.54, 1.807) is 24.3 Å². The molecule has 1 heterocycles. The summed E-state index contributed by atoms with van der Waals surface area (Å²) in [7, 11) is 1.39. The van der Waals surface area contributed by atoms with Crippen LogP contribution in [0.3, 0.4) is 0 Å². The Kier molecular flexibility index (Phi) is 7.38. The SMILES string of the molecule is COC(=O)CC1CCN(C(=O)C(C)C(C)(C)NC(=O)c2ccc(C#N)cc2)CC1. The molecule has 0 radical (unpaired) electrons. The molecule has 2 amide bonds. The number of ether oxygens (including phenoxy) is 1. The highest BCUT2D eigenvalue weighted by molar-refractivity contribution is 5.95. The van der Waals surface area contributed by atoms with Gasteiger partial charge in [-0.05, 0) is 56.9 Å². The van der Waals surface area contributed by atoms with Crippen molar-refractivity contribution >= 4 is 17.8 Å². The first-order valence-corrected chi connectivity index (χ1v) is 9.86. The molecule has 1 unspecified atom stereocenters. The number of piperidine rings is 1. The average molecular weight is 399 g/mol. The lowest BCUT2D eigenvalue weighted by molar-refractivity contribution is -0.142. The van der Waals surface area contributed by atoms with Crippen LogP contribution in [0.5, 0.6) is 0 Å². The Hall–Kier alpha value is -2.88. The fraction of sp³-hybridized carbons (Fsp3) is 0.545. The summed E-state index contributed by atoms with van der Waals surface area (Å²) in [6.07, 6.45) is 1.93. The molecule has 1 aromatic rings. The van der Waals surface area contributed by atoms with Crippen LogP contribution in [-0.4, -0.2) is 48.4 Å². The van der Waals surface area contributed by atoms with E-state index in [-0.39, 0.29) is 23.7 Å². The molecule has 29 heavy (non-hydrogen) atoms. The molecular weight excluding hydrogens is 370 g/mol. The van der Waals surface area contributed by atoms with Gasteiger partial charge >= 0.3 is 5.97 Å². The van der Waals surface area contributed by atoms with Gasteiger partial charge in [-0.1, -0.05) is 6.92 Å². The molecule has 0 spiro atoms. The highest BCUT2D eigenvalue weighted by Gasteiger charge is 2.36. The lowest BCUT2D eigenvalue weighted by atomic mass is 9.86. The molecule has 1 fully saturated rings. The molecule has 0 saturated carbocycles. The van der Waals surface area contributed by atoms with E-state index in [2.05, 4.69) is 5.32 Å². The van der Waals surface area contributed by atoms with Crippen LogP contribution in [0.2, 0.25) is 0 Å². The predicted molar refractivity (Wildman–Crippen MR) is 108 cm³/mol. The lowest BCUT2D eigenvalue weighted by Crippen LogP contribution is -2.54. The second kappa shape index (κ2) is 9.55. The fourth-order valence-electron chi connectivity index (χ4n) is 3.43. The molecule has 2 rings (SSSR count). The van der Waals surface area contributed by atoms with E-state index in [9.17, 15) is 14.4 Å². The van der Waals surface area contributed by atoms with Crippen LogP contribution in [0.1, 0.15) is 56.0 Å². The number of methoxy groups -OCH3 is 1. The molecule has 1 N–H and O–H groups in total. The molecule has 1 atom stereocenters. The first-order valence-electron chi connectivity index (χ1n) is 9.86. The van der Waals surface area contributed by atoms with Gasteiger partial charge in [0.1, 0.15) is 0 Å². The Morgan fingerprint density at radius 2 is 1.83 bits per heavy atom. The molecule has 7 heteroatoms. The van der Waals surface area contributed by atoms with Crippen molar-refractivity contribution in [3.8, 4) is 6.07 Å². The van der Waals surface area contributed by atoms with Crippen LogP contribution in [0.25, 0.3) is 0 Å². The topological polar surface area (TPSA) is 99.5 Å². The molecular formula is C22H29N3O4. The summed E-state index contributed by atoms with van der Waals surface area (Å²) in [5.74, 6) is -0.676. The van der Waals surface area contributed by atoms with E-state index in [1.807, 2.05) is 31.7 Å². The number of amides is 2. The second-order valence-electron chi connectivity index (χ2n) is 8.14. The van der Waals surface area contributed by atoms with Crippen molar-refractivity contribution in [2.24, 2.45) is 11.8 Å². The van der Waals surface area contributed by atoms with Crippen LogP contribution in [-0.2, 0) is 14.3 Å². The Morgan fingerprint density at radius 1 is 1.24 bits per heavy atom. The van der Waals surface area contributed by atoms with Crippen molar-refractivity contribution in [1.29, 1.82) is 5.26 Å². The monoisotopic (exact) mass is 399 g/mol. The van der Waals surface area contributed by atoms with Crippen LogP contribution in [0.15, 0.2) is 24.3 Å². The van der Waals surface area contributed by atoms with Gasteiger partial charge in [-0.3, -0.25) is 14.4 Å². The van der Waals surface area contributed by atoms with Gasteiger partial charge in [0.2, 0.25) is 5.91 Å². The van der Waals surface area contributed by atoms with Gasteiger partial charge in [0.15, 0.2) is 0 Å². The first-order chi connectivity index (χ1) is 13.7. The van der Waals surface area contributed by atoms with E-state index in [4.69, 9.17) is 10.00 Å². The number of rotatable bonds is 6. The highest BCUT2D eigenvalue weighted by atomic mass is 16.5. The minimum Gasteiger partial charge on any atom is -0.469 e. The molecule has 1 aromatic carbocycles. The normalized spacial score (nSPS) is 15.9. The van der Waals surface area contributed by atoms with Gasteiger partial charge < -0.3 is 15.0 Å². The number of nitrogens with one attached hydrogen (secondary N) is 1. The molecule has 0 aromatic heterocycles. The third kappa shape index (κ3) is 5.80. The summed E-state index contributed by atoms with van der Waals surface area (Å²) in [6.45, 7) is 6.69. The third-order valence-electron chi connectivity index (χ3n) is 5.77. The molecule has 1 aliphatic heterocycles. The summed E-state index contributed by atoms with van der Waals surface area (Å²) in [6, 6.07) is 8.40. The summed E-state index contributed by atoms with van der Waals surface area (Å²) < 4.78 is 4.72. The number of carbonyl (C=O) groups excluding carboxylic acids is 3. The molecule has 1 saturated heterocycles. The maximum absolute atomic E-state index is 13.0. The van der Waals surface area contributed by atoms with E-state index in [0.717, 1.165) is 12.8 Å². The van der Waals surface area contributed by atoms with Gasteiger partial charge in [-0.2, -0.15) is 5.26 Å². The van der Waals surface area contributed by atoms with E-state index in [0.29, 0.717) is 30.6 Å². The predicted octanol–water partition coefficient (Wildman–Crippen LogP) is 2.50. The highest BCUT2D eigenvalue weighted by Crippen LogP contribution is 2.25. The van der Waals surface area contributed by atoms with Crippen LogP contribution in [0, 0.1) is 23.2 Å². The number of likely N-dealkylation sites (tertiary alicyclic amines) is 1. The smallest absolute Gasteiger partial charge is 0.305 e. The fourth-order valence-corrected chi connectivity index (χ4v) is 3.43. The Bertz CT molecular complexity index is 787. The van der Waals surface area contributed by atoms with Gasteiger partial charge in [-0.15, -0.1) is 0 Å². The molecule has 156 valence electrons. The summed E-state index contributed by atoms with van der Waals surface area (Å²) in [5, 5.41) is 11.8. The summed E-state index contributed by atoms with van der Waals surface area (Å²) in [5.41, 5.74) is 0.186. The average Bonchev–Trinajstić information content (AvgIpc) is 2.72. The van der Waals surface area contributed by atoms with Crippen molar-refractivity contribution < 1.29 is 19.1 Å². The lowest BCUT2D eigenvalue weighted by Gasteiger charge is -2.38. The maximum Gasteiger partial charge on any atom is 0.305 e. The van der Waals surface area contributed by atoms with Crippen molar-refractivity contribution in [1.82, 2.24) is 10.2 Å². The van der Waals surface area contributed by atoms with Crippen LogP contribution >= 0.6 is 0 Å². The van der Waals surface area contributed by atoms with Gasteiger partial charge in [0.05, 0.1) is 24.7 Å². The van der Waals surface area contributed by atoms with Crippen molar-refractivity contribution in [3.63, 3.8) is 0 Å². The number of carbonyl (C=O) groups is 3. The molecule has 1 aliphatic rings. The zero-order valence-electron chi connectivity index (χ0n) is 17.5. The Balaban J connectivity index is 1.94. The number of nitrogens with zero attached hydrogens (tertiary/aromatic N) is 2. The minimum atomic E-state index is -0.745. The van der Waals surface area contributed by atoms with Gasteiger partial charge in [0.25, 0.3) is 5.91 Å². The second-order valence-corrected chi connectivity index (χ2v) is 8.14. The standard InChI is InChI=1S/C22H29N3O4/c1-15(21(28)25-11-9-16(10-12-25)13-19(26)29-4)22(2,3)24-20(27)18-7-5-17(14-23)6-8-18/h5-8,15-16H,9-13H2,1-4H3,(H,24,27). The number of nitriles is 1. The van der Waals surface area contributed by atoms with Gasteiger partial charge in [-0.25, -0.2) is 0 Å².